The van der Waals surface area contributed by atoms with Crippen molar-refractivity contribution in [1.82, 2.24) is 14.2 Å². The Hall–Kier alpha value is -2.56. The van der Waals surface area contributed by atoms with Gasteiger partial charge in [-0.15, -0.1) is 0 Å². The van der Waals surface area contributed by atoms with Gasteiger partial charge in [-0.25, -0.2) is 8.42 Å². The summed E-state index contributed by atoms with van der Waals surface area (Å²) in [7, 11) is -3.68. The Kier molecular flexibility index (Phi) is 5.40. The van der Waals surface area contributed by atoms with Crippen LogP contribution in [0.15, 0.2) is 47.6 Å². The Morgan fingerprint density at radius 3 is 2.48 bits per heavy atom. The number of benzene rings is 1. The van der Waals surface area contributed by atoms with Gasteiger partial charge in [0.2, 0.25) is 10.0 Å². The van der Waals surface area contributed by atoms with Crippen molar-refractivity contribution >= 4 is 33.2 Å². The Bertz CT molecular complexity index is 976. The van der Waals surface area contributed by atoms with Gasteiger partial charge in [0.15, 0.2) is 0 Å². The zero-order chi connectivity index (χ0) is 19.6. The number of nitro groups is 1. The summed E-state index contributed by atoms with van der Waals surface area (Å²) >= 11 is 6.01. The Labute approximate surface area is 160 Å². The molecule has 3 rings (SSSR count). The van der Waals surface area contributed by atoms with E-state index in [9.17, 15) is 23.3 Å². The molecule has 0 unspecified atom stereocenters. The van der Waals surface area contributed by atoms with Crippen LogP contribution in [0.5, 0.6) is 0 Å². The van der Waals surface area contributed by atoms with Crippen LogP contribution in [0.25, 0.3) is 0 Å². The van der Waals surface area contributed by atoms with Gasteiger partial charge in [-0.3, -0.25) is 19.9 Å². The average molecular weight is 411 g/mol. The molecule has 1 saturated heterocycles. The summed E-state index contributed by atoms with van der Waals surface area (Å²) in [4.78, 5) is 28.3. The highest BCUT2D eigenvalue weighted by molar-refractivity contribution is 7.89. The largest absolute Gasteiger partial charge is 0.336 e. The first-order valence-electron chi connectivity index (χ1n) is 7.94. The maximum absolute atomic E-state index is 12.7. The lowest BCUT2D eigenvalue weighted by Crippen LogP contribution is -2.50. The smallest absolute Gasteiger partial charge is 0.270 e. The normalized spacial score (nSPS) is 15.5. The lowest BCUT2D eigenvalue weighted by atomic mass is 10.1. The number of amides is 1. The molecule has 0 aliphatic carbocycles. The van der Waals surface area contributed by atoms with Gasteiger partial charge in [0, 0.05) is 50.7 Å². The number of nitro benzene ring substituents is 1. The van der Waals surface area contributed by atoms with Gasteiger partial charge in [0.05, 0.1) is 15.5 Å². The van der Waals surface area contributed by atoms with E-state index in [1.165, 1.54) is 45.9 Å². The summed E-state index contributed by atoms with van der Waals surface area (Å²) in [6.45, 7) is 0.514. The molecule has 0 bridgehead atoms. The van der Waals surface area contributed by atoms with Crippen LogP contribution in [0.3, 0.4) is 0 Å². The number of carbonyl (C=O) groups is 1. The first kappa shape index (κ1) is 19.2. The van der Waals surface area contributed by atoms with Crippen LogP contribution in [0, 0.1) is 10.1 Å². The highest BCUT2D eigenvalue weighted by Gasteiger charge is 2.31. The quantitative estimate of drug-likeness (QED) is 0.560. The number of pyridine rings is 1. The first-order valence-corrected chi connectivity index (χ1v) is 9.76. The molecule has 1 aliphatic heterocycles. The van der Waals surface area contributed by atoms with Crippen LogP contribution < -0.4 is 0 Å². The maximum Gasteiger partial charge on any atom is 0.270 e. The molecule has 0 saturated carbocycles. The summed E-state index contributed by atoms with van der Waals surface area (Å²) in [6, 6.07) is 6.65. The molecule has 0 N–H and O–H groups in total. The second kappa shape index (κ2) is 7.59. The number of nitrogens with zero attached hydrogens (tertiary/aromatic N) is 4. The van der Waals surface area contributed by atoms with Crippen molar-refractivity contribution in [2.45, 2.75) is 4.90 Å². The van der Waals surface area contributed by atoms with Crippen LogP contribution in [0.2, 0.25) is 5.02 Å². The zero-order valence-electron chi connectivity index (χ0n) is 14.0. The average Bonchev–Trinajstić information content (AvgIpc) is 2.68. The number of sulfonamides is 1. The molecule has 142 valence electrons. The van der Waals surface area contributed by atoms with Gasteiger partial charge in [0.25, 0.3) is 11.6 Å². The minimum atomic E-state index is -3.68. The molecule has 0 radical (unpaired) electrons. The van der Waals surface area contributed by atoms with Crippen LogP contribution in [0.1, 0.15) is 10.4 Å². The highest BCUT2D eigenvalue weighted by atomic mass is 35.5. The number of hydrogen-bond donors (Lipinski definition) is 0. The second-order valence-electron chi connectivity index (χ2n) is 5.81. The van der Waals surface area contributed by atoms with Gasteiger partial charge >= 0.3 is 0 Å². The predicted molar refractivity (Wildman–Crippen MR) is 97.0 cm³/mol. The SMILES string of the molecule is O=C(c1cc([N+](=O)[O-])ccc1Cl)N1CCN(S(=O)(=O)c2cccnc2)CC1. The monoisotopic (exact) mass is 410 g/mol. The summed E-state index contributed by atoms with van der Waals surface area (Å²) in [5, 5.41) is 11.0. The van der Waals surface area contributed by atoms with E-state index in [0.717, 1.165) is 6.07 Å². The minimum Gasteiger partial charge on any atom is -0.336 e. The number of aromatic nitrogens is 1. The number of piperazine rings is 1. The third kappa shape index (κ3) is 3.92. The fourth-order valence-corrected chi connectivity index (χ4v) is 4.33. The van der Waals surface area contributed by atoms with Gasteiger partial charge in [-0.2, -0.15) is 4.31 Å². The number of non-ortho nitro benzene ring substituents is 1. The molecule has 2 aromatic rings. The van der Waals surface area contributed by atoms with Crippen molar-refractivity contribution in [3.05, 3.63) is 63.4 Å². The lowest BCUT2D eigenvalue weighted by molar-refractivity contribution is -0.384. The lowest BCUT2D eigenvalue weighted by Gasteiger charge is -2.34. The molecule has 11 heteroatoms. The third-order valence-corrected chi connectivity index (χ3v) is 6.40. The molecular formula is C16H15ClN4O5S. The summed E-state index contributed by atoms with van der Waals surface area (Å²) in [5.41, 5.74) is -0.213. The zero-order valence-corrected chi connectivity index (χ0v) is 15.6. The molecule has 27 heavy (non-hydrogen) atoms. The number of rotatable bonds is 4. The molecule has 9 nitrogen and oxygen atoms in total. The molecular weight excluding hydrogens is 396 g/mol. The van der Waals surface area contributed by atoms with E-state index in [0.29, 0.717) is 0 Å². The highest BCUT2D eigenvalue weighted by Crippen LogP contribution is 2.24. The summed E-state index contributed by atoms with van der Waals surface area (Å²) in [6.07, 6.45) is 2.76. The molecule has 0 spiro atoms. The van der Waals surface area contributed by atoms with E-state index >= 15 is 0 Å². The van der Waals surface area contributed by atoms with Crippen molar-refractivity contribution < 1.29 is 18.1 Å². The van der Waals surface area contributed by atoms with E-state index in [1.807, 2.05) is 0 Å². The summed E-state index contributed by atoms with van der Waals surface area (Å²) in [5.74, 6) is -0.470. The van der Waals surface area contributed by atoms with Crippen molar-refractivity contribution in [2.75, 3.05) is 26.2 Å². The molecule has 0 atom stereocenters. The van der Waals surface area contributed by atoms with Crippen LogP contribution in [-0.4, -0.2) is 59.6 Å². The maximum atomic E-state index is 12.7. The van der Waals surface area contributed by atoms with E-state index in [-0.39, 0.29) is 47.3 Å². The fraction of sp³-hybridized carbons (Fsp3) is 0.250. The van der Waals surface area contributed by atoms with E-state index in [1.54, 1.807) is 0 Å². The number of carbonyl (C=O) groups excluding carboxylic acids is 1. The van der Waals surface area contributed by atoms with Gasteiger partial charge in [-0.05, 0) is 18.2 Å². The van der Waals surface area contributed by atoms with Gasteiger partial charge in [0.1, 0.15) is 4.90 Å². The van der Waals surface area contributed by atoms with E-state index in [4.69, 9.17) is 11.6 Å². The Morgan fingerprint density at radius 2 is 1.89 bits per heavy atom. The second-order valence-corrected chi connectivity index (χ2v) is 8.15. The van der Waals surface area contributed by atoms with Crippen molar-refractivity contribution in [3.8, 4) is 0 Å². The van der Waals surface area contributed by atoms with Crippen LogP contribution in [-0.2, 0) is 10.0 Å². The first-order chi connectivity index (χ1) is 12.8. The van der Waals surface area contributed by atoms with Crippen molar-refractivity contribution in [2.24, 2.45) is 0 Å². The summed E-state index contributed by atoms with van der Waals surface area (Å²) < 4.78 is 26.5. The molecule has 1 aromatic carbocycles. The van der Waals surface area contributed by atoms with Crippen molar-refractivity contribution in [3.63, 3.8) is 0 Å². The van der Waals surface area contributed by atoms with Gasteiger partial charge in [-0.1, -0.05) is 11.6 Å². The molecule has 1 aromatic heterocycles. The number of hydrogen-bond acceptors (Lipinski definition) is 6. The number of halogens is 1. The molecule has 1 aliphatic rings. The van der Waals surface area contributed by atoms with E-state index < -0.39 is 20.9 Å². The fourth-order valence-electron chi connectivity index (χ4n) is 2.74. The molecule has 1 fully saturated rings. The standard InChI is InChI=1S/C16H15ClN4O5S/c17-15-4-3-12(21(23)24)10-14(15)16(22)19-6-8-20(9-7-19)27(25,26)13-2-1-5-18-11-13/h1-5,10-11H,6-9H2. The Balaban J connectivity index is 1.74. The Morgan fingerprint density at radius 1 is 1.19 bits per heavy atom. The van der Waals surface area contributed by atoms with Crippen LogP contribution in [0.4, 0.5) is 5.69 Å². The molecule has 1 amide bonds. The third-order valence-electron chi connectivity index (χ3n) is 4.19. The van der Waals surface area contributed by atoms with Crippen molar-refractivity contribution in [1.29, 1.82) is 0 Å². The molecule has 2 heterocycles. The van der Waals surface area contributed by atoms with Crippen LogP contribution >= 0.6 is 11.6 Å². The topological polar surface area (TPSA) is 114 Å². The minimum absolute atomic E-state index is 0.0226. The predicted octanol–water partition coefficient (Wildman–Crippen LogP) is 1.79. The van der Waals surface area contributed by atoms with E-state index in [2.05, 4.69) is 4.98 Å². The van der Waals surface area contributed by atoms with Gasteiger partial charge < -0.3 is 4.90 Å².